The average molecular weight is 526 g/mol. The van der Waals surface area contributed by atoms with Gasteiger partial charge in [-0.1, -0.05) is 60.7 Å². The third-order valence-electron chi connectivity index (χ3n) is 7.29. The Hall–Kier alpha value is -3.62. The number of carbonyl (C=O) groups excluding carboxylic acids is 4. The maximum atomic E-state index is 14.9. The van der Waals surface area contributed by atoms with Crippen molar-refractivity contribution in [2.75, 3.05) is 13.1 Å². The van der Waals surface area contributed by atoms with Gasteiger partial charge >= 0.3 is 5.92 Å². The van der Waals surface area contributed by atoms with E-state index in [1.54, 1.807) is 30.3 Å². The topological polar surface area (TPSA) is 86.8 Å². The van der Waals surface area contributed by atoms with Crippen molar-refractivity contribution in [3.63, 3.8) is 0 Å². The standard InChI is InChI=1S/C29H33F2N3O4/c30-29(31,28(38)32-20-22-12-5-2-6-13-22)26(36)23-15-8-19-34(23)27(37)24-16-9-18-33(24)25(35)17-7-14-21-10-3-1-4-11-21/h1-6,10-13,23-24H,7-9,14-20H2,(H,32,38)/t23?,24-/m1/s1. The highest BCUT2D eigenvalue weighted by atomic mass is 19.3. The first-order valence-corrected chi connectivity index (χ1v) is 13.2. The second-order valence-electron chi connectivity index (χ2n) is 9.88. The minimum atomic E-state index is -4.27. The average Bonchev–Trinajstić information content (AvgIpc) is 3.62. The largest absolute Gasteiger partial charge is 0.383 e. The molecule has 1 unspecified atom stereocenters. The van der Waals surface area contributed by atoms with Gasteiger partial charge < -0.3 is 15.1 Å². The molecule has 7 nitrogen and oxygen atoms in total. The lowest BCUT2D eigenvalue weighted by Crippen LogP contribution is -2.56. The summed E-state index contributed by atoms with van der Waals surface area (Å²) < 4.78 is 29.8. The maximum absolute atomic E-state index is 14.9. The molecule has 38 heavy (non-hydrogen) atoms. The van der Waals surface area contributed by atoms with Crippen molar-refractivity contribution in [2.45, 2.75) is 69.5 Å². The van der Waals surface area contributed by atoms with E-state index in [9.17, 15) is 28.0 Å². The first kappa shape index (κ1) is 27.4. The van der Waals surface area contributed by atoms with Gasteiger partial charge in [0.15, 0.2) is 0 Å². The summed E-state index contributed by atoms with van der Waals surface area (Å²) in [6.07, 6.45) is 3.14. The molecule has 0 radical (unpaired) electrons. The van der Waals surface area contributed by atoms with Crippen LogP contribution in [0.3, 0.4) is 0 Å². The summed E-state index contributed by atoms with van der Waals surface area (Å²) in [5, 5.41) is 2.13. The van der Waals surface area contributed by atoms with Crippen molar-refractivity contribution in [1.29, 1.82) is 0 Å². The van der Waals surface area contributed by atoms with Crippen molar-refractivity contribution in [1.82, 2.24) is 15.1 Å². The number of carbonyl (C=O) groups is 4. The number of hydrogen-bond donors (Lipinski definition) is 1. The van der Waals surface area contributed by atoms with E-state index in [4.69, 9.17) is 0 Å². The highest BCUT2D eigenvalue weighted by molar-refractivity contribution is 6.10. The third-order valence-corrected chi connectivity index (χ3v) is 7.29. The molecule has 0 bridgehead atoms. The minimum absolute atomic E-state index is 0.0594. The van der Waals surface area contributed by atoms with Gasteiger partial charge in [0.05, 0.1) is 6.04 Å². The van der Waals surface area contributed by atoms with E-state index >= 15 is 0 Å². The minimum Gasteiger partial charge on any atom is -0.346 e. The molecule has 1 N–H and O–H groups in total. The number of ketones is 1. The van der Waals surface area contributed by atoms with Gasteiger partial charge in [-0.25, -0.2) is 0 Å². The molecule has 2 heterocycles. The molecule has 2 saturated heterocycles. The van der Waals surface area contributed by atoms with Crippen molar-refractivity contribution < 1.29 is 28.0 Å². The molecule has 3 amide bonds. The molecule has 0 aliphatic carbocycles. The van der Waals surface area contributed by atoms with Crippen LogP contribution in [0.15, 0.2) is 60.7 Å². The van der Waals surface area contributed by atoms with Crippen LogP contribution in [0.2, 0.25) is 0 Å². The van der Waals surface area contributed by atoms with Crippen molar-refractivity contribution in [2.24, 2.45) is 0 Å². The Labute approximate surface area is 221 Å². The molecule has 4 rings (SSSR count). The van der Waals surface area contributed by atoms with Crippen LogP contribution in [0.1, 0.15) is 49.7 Å². The number of likely N-dealkylation sites (tertiary alicyclic amines) is 2. The first-order valence-electron chi connectivity index (χ1n) is 13.2. The van der Waals surface area contributed by atoms with E-state index < -0.39 is 35.6 Å². The highest BCUT2D eigenvalue weighted by Crippen LogP contribution is 2.30. The number of aryl methyl sites for hydroxylation is 1. The van der Waals surface area contributed by atoms with Crippen LogP contribution in [0, 0.1) is 0 Å². The predicted molar refractivity (Wildman–Crippen MR) is 137 cm³/mol. The van der Waals surface area contributed by atoms with Gasteiger partial charge in [-0.15, -0.1) is 0 Å². The predicted octanol–water partition coefficient (Wildman–Crippen LogP) is 3.51. The van der Waals surface area contributed by atoms with E-state index in [0.29, 0.717) is 37.8 Å². The summed E-state index contributed by atoms with van der Waals surface area (Å²) in [6, 6.07) is 16.2. The Balaban J connectivity index is 1.35. The molecule has 2 aliphatic heterocycles. The van der Waals surface area contributed by atoms with Crippen molar-refractivity contribution in [3.05, 3.63) is 71.8 Å². The van der Waals surface area contributed by atoms with Gasteiger partial charge in [-0.3, -0.25) is 19.2 Å². The monoisotopic (exact) mass is 525 g/mol. The molecule has 0 spiro atoms. The zero-order chi connectivity index (χ0) is 27.1. The Bertz CT molecular complexity index is 1140. The molecular formula is C29H33F2N3O4. The lowest BCUT2D eigenvalue weighted by molar-refractivity contribution is -0.163. The van der Waals surface area contributed by atoms with Gasteiger partial charge in [0.2, 0.25) is 17.6 Å². The number of halogens is 2. The molecule has 9 heteroatoms. The second-order valence-corrected chi connectivity index (χ2v) is 9.88. The maximum Gasteiger partial charge on any atom is 0.383 e. The van der Waals surface area contributed by atoms with Crippen LogP contribution in [-0.2, 0) is 32.1 Å². The van der Waals surface area contributed by atoms with E-state index in [1.165, 1.54) is 4.90 Å². The Morgan fingerprint density at radius 3 is 2.05 bits per heavy atom. The quantitative estimate of drug-likeness (QED) is 0.481. The number of alkyl halides is 2. The van der Waals surface area contributed by atoms with E-state index in [1.807, 2.05) is 30.3 Å². The van der Waals surface area contributed by atoms with E-state index in [-0.39, 0.29) is 31.8 Å². The molecule has 2 aromatic rings. The van der Waals surface area contributed by atoms with Crippen LogP contribution >= 0.6 is 0 Å². The summed E-state index contributed by atoms with van der Waals surface area (Å²) in [5.41, 5.74) is 1.75. The third kappa shape index (κ3) is 6.26. The lowest BCUT2D eigenvalue weighted by atomic mass is 10.0. The van der Waals surface area contributed by atoms with Gasteiger partial charge in [0.25, 0.3) is 5.91 Å². The fourth-order valence-electron chi connectivity index (χ4n) is 5.26. The summed E-state index contributed by atoms with van der Waals surface area (Å²) in [6.45, 7) is 0.424. The summed E-state index contributed by atoms with van der Waals surface area (Å²) in [4.78, 5) is 54.2. The fraction of sp³-hybridized carbons (Fsp3) is 0.448. The molecule has 0 aromatic heterocycles. The number of rotatable bonds is 10. The molecule has 2 aliphatic rings. The van der Waals surface area contributed by atoms with E-state index in [2.05, 4.69) is 5.32 Å². The van der Waals surface area contributed by atoms with Gasteiger partial charge in [0, 0.05) is 26.1 Å². The fourth-order valence-corrected chi connectivity index (χ4v) is 5.26. The summed E-state index contributed by atoms with van der Waals surface area (Å²) in [5.74, 6) is -8.17. The number of hydrogen-bond acceptors (Lipinski definition) is 4. The van der Waals surface area contributed by atoms with Crippen LogP contribution in [-0.4, -0.2) is 64.4 Å². The molecule has 2 fully saturated rings. The van der Waals surface area contributed by atoms with Crippen molar-refractivity contribution >= 4 is 23.5 Å². The molecular weight excluding hydrogens is 492 g/mol. The summed E-state index contributed by atoms with van der Waals surface area (Å²) >= 11 is 0. The smallest absolute Gasteiger partial charge is 0.346 e. The van der Waals surface area contributed by atoms with E-state index in [0.717, 1.165) is 16.9 Å². The number of amides is 3. The van der Waals surface area contributed by atoms with Gasteiger partial charge in [-0.2, -0.15) is 8.78 Å². The zero-order valence-corrected chi connectivity index (χ0v) is 21.3. The molecule has 2 aromatic carbocycles. The van der Waals surface area contributed by atoms with Crippen molar-refractivity contribution in [3.8, 4) is 0 Å². The number of nitrogens with zero attached hydrogens (tertiary/aromatic N) is 2. The normalized spacial score (nSPS) is 19.4. The molecule has 202 valence electrons. The van der Waals surface area contributed by atoms with Gasteiger partial charge in [-0.05, 0) is 49.7 Å². The molecule has 2 atom stereocenters. The second kappa shape index (κ2) is 12.3. The zero-order valence-electron chi connectivity index (χ0n) is 21.3. The van der Waals surface area contributed by atoms with Crippen LogP contribution < -0.4 is 5.32 Å². The Kier molecular flexibility index (Phi) is 8.86. The SMILES string of the molecule is O=C([C@H]1CCCN1C(=O)CCCc1ccccc1)N1CCCC1C(=O)C(F)(F)C(=O)NCc1ccccc1. The Morgan fingerprint density at radius 1 is 0.816 bits per heavy atom. The van der Waals surface area contributed by atoms with Crippen LogP contribution in [0.4, 0.5) is 8.78 Å². The number of nitrogens with one attached hydrogen (secondary N) is 1. The lowest BCUT2D eigenvalue weighted by Gasteiger charge is -2.32. The van der Waals surface area contributed by atoms with Crippen LogP contribution in [0.25, 0.3) is 0 Å². The Morgan fingerprint density at radius 2 is 1.39 bits per heavy atom. The number of benzene rings is 2. The van der Waals surface area contributed by atoms with Crippen LogP contribution in [0.5, 0.6) is 0 Å². The summed E-state index contributed by atoms with van der Waals surface area (Å²) in [7, 11) is 0. The highest BCUT2D eigenvalue weighted by Gasteiger charge is 2.53. The van der Waals surface area contributed by atoms with Gasteiger partial charge in [0.1, 0.15) is 6.04 Å². The first-order chi connectivity index (χ1) is 18.3. The number of Topliss-reactive ketones (excluding diaryl/α,β-unsaturated/α-hetero) is 1. The molecule has 0 saturated carbocycles.